The van der Waals surface area contributed by atoms with E-state index in [1.807, 2.05) is 0 Å². The fourth-order valence-electron chi connectivity index (χ4n) is 6.96. The second-order valence-corrected chi connectivity index (χ2v) is 15.1. The van der Waals surface area contributed by atoms with Crippen molar-refractivity contribution in [3.63, 3.8) is 0 Å². The van der Waals surface area contributed by atoms with Crippen LogP contribution < -0.4 is 16.0 Å². The van der Waals surface area contributed by atoms with E-state index in [1.54, 1.807) is 0 Å². The average Bonchev–Trinajstić information content (AvgIpc) is 3.68. The Labute approximate surface area is 302 Å². The van der Waals surface area contributed by atoms with Crippen LogP contribution in [-0.2, 0) is 9.47 Å². The van der Waals surface area contributed by atoms with Crippen LogP contribution in [0.5, 0.6) is 0 Å². The zero-order valence-electron chi connectivity index (χ0n) is 32.7. The molecule has 0 amide bonds. The summed E-state index contributed by atoms with van der Waals surface area (Å²) in [7, 11) is 0. The van der Waals surface area contributed by atoms with Crippen LogP contribution in [0.15, 0.2) is 0 Å². The zero-order chi connectivity index (χ0) is 33.9. The Bertz CT molecular complexity index is 347. The molecule has 0 aromatic heterocycles. The highest BCUT2D eigenvalue weighted by Crippen LogP contribution is 2.16. The highest BCUT2D eigenvalue weighted by molar-refractivity contribution is 4.57. The number of ether oxygens (including phenoxy) is 2. The molecule has 0 bridgehead atoms. The van der Waals surface area contributed by atoms with Gasteiger partial charge in [-0.15, -0.1) is 0 Å². The third-order valence-corrected chi connectivity index (χ3v) is 10.3. The molecule has 0 radical (unpaired) electrons. The largest absolute Gasteiger partial charge is 0.381 e. The van der Waals surface area contributed by atoms with E-state index in [-0.39, 0.29) is 0 Å². The monoisotopic (exact) mass is 680 g/mol. The predicted octanol–water partition coefficient (Wildman–Crippen LogP) is 11.7. The average molecular weight is 680 g/mol. The summed E-state index contributed by atoms with van der Waals surface area (Å²) >= 11 is 0. The van der Waals surface area contributed by atoms with Crippen LogP contribution in [0.3, 0.4) is 0 Å². The number of nitrogens with one attached hydrogen (secondary N) is 3. The van der Waals surface area contributed by atoms with Gasteiger partial charge in [-0.1, -0.05) is 135 Å². The van der Waals surface area contributed by atoms with Gasteiger partial charge in [0.05, 0.1) is 0 Å². The molecule has 5 heteroatoms. The Hall–Kier alpha value is -0.200. The lowest BCUT2D eigenvalue weighted by Crippen LogP contribution is -2.21. The summed E-state index contributed by atoms with van der Waals surface area (Å²) in [5.41, 5.74) is 0. The van der Waals surface area contributed by atoms with E-state index in [9.17, 15) is 0 Å². The van der Waals surface area contributed by atoms with Crippen LogP contribution in [0.1, 0.15) is 212 Å². The van der Waals surface area contributed by atoms with Gasteiger partial charge in [-0.25, -0.2) is 0 Å². The molecule has 0 atom stereocenters. The van der Waals surface area contributed by atoms with Gasteiger partial charge in [-0.3, -0.25) is 0 Å². The molecule has 3 aliphatic carbocycles. The van der Waals surface area contributed by atoms with Crippen LogP contribution >= 0.6 is 0 Å². The summed E-state index contributed by atoms with van der Waals surface area (Å²) in [6.07, 6.45) is 47.5. The van der Waals surface area contributed by atoms with Crippen molar-refractivity contribution >= 4 is 0 Å². The minimum Gasteiger partial charge on any atom is -0.381 e. The number of hydrogen-bond donors (Lipinski definition) is 3. The fourth-order valence-corrected chi connectivity index (χ4v) is 6.96. The van der Waals surface area contributed by atoms with Crippen molar-refractivity contribution in [1.29, 1.82) is 0 Å². The molecule has 5 aliphatic heterocycles. The van der Waals surface area contributed by atoms with Gasteiger partial charge in [0.1, 0.15) is 0 Å². The minimum absolute atomic E-state index is 1.00. The molecule has 8 aliphatic rings. The molecule has 0 aromatic carbocycles. The van der Waals surface area contributed by atoms with E-state index >= 15 is 0 Å². The molecule has 288 valence electrons. The Kier molecular flexibility index (Phi) is 41.0. The summed E-state index contributed by atoms with van der Waals surface area (Å²) in [4.78, 5) is 0. The first kappa shape index (κ1) is 45.8. The van der Waals surface area contributed by atoms with Crippen LogP contribution in [0.2, 0.25) is 0 Å². The third-order valence-electron chi connectivity index (χ3n) is 10.3. The molecule has 3 saturated carbocycles. The first-order valence-corrected chi connectivity index (χ1v) is 22.3. The number of rotatable bonds is 0. The van der Waals surface area contributed by atoms with E-state index in [4.69, 9.17) is 9.47 Å². The SMILES string of the molecule is C1CCCC1.C1CCCCC1.C1CCCCCC1.C1CCNCC1.C1CCNCC1.C1CCNCC1.C1CCOCC1.C1CCOCC1. The molecule has 5 nitrogen and oxygen atoms in total. The van der Waals surface area contributed by atoms with Crippen LogP contribution in [-0.4, -0.2) is 65.7 Å². The third kappa shape index (κ3) is 40.2. The van der Waals surface area contributed by atoms with E-state index in [1.165, 1.54) is 251 Å². The Morgan fingerprint density at radius 3 is 0.375 bits per heavy atom. The molecule has 48 heavy (non-hydrogen) atoms. The highest BCUT2D eigenvalue weighted by Gasteiger charge is 1.98. The van der Waals surface area contributed by atoms with E-state index in [2.05, 4.69) is 16.0 Å². The maximum absolute atomic E-state index is 5.07. The van der Waals surface area contributed by atoms with E-state index < -0.39 is 0 Å². The minimum atomic E-state index is 1.00. The quantitative estimate of drug-likeness (QED) is 0.223. The maximum Gasteiger partial charge on any atom is 0.0466 e. The summed E-state index contributed by atoms with van der Waals surface area (Å²) < 4.78 is 10.1. The molecule has 8 rings (SSSR count). The summed E-state index contributed by atoms with van der Waals surface area (Å²) in [5, 5.41) is 9.85. The Morgan fingerprint density at radius 2 is 0.312 bits per heavy atom. The predicted molar refractivity (Wildman–Crippen MR) is 213 cm³/mol. The first-order valence-electron chi connectivity index (χ1n) is 22.3. The van der Waals surface area contributed by atoms with Gasteiger partial charge >= 0.3 is 0 Å². The smallest absolute Gasteiger partial charge is 0.0466 e. The molecule has 0 unspecified atom stereocenters. The van der Waals surface area contributed by atoms with Gasteiger partial charge in [-0.05, 0) is 116 Å². The topological polar surface area (TPSA) is 54.5 Å². The van der Waals surface area contributed by atoms with Crippen molar-refractivity contribution in [3.05, 3.63) is 0 Å². The fraction of sp³-hybridized carbons (Fsp3) is 1.00. The number of hydrogen-bond acceptors (Lipinski definition) is 5. The second-order valence-electron chi connectivity index (χ2n) is 15.1. The maximum atomic E-state index is 5.07. The summed E-state index contributed by atoms with van der Waals surface area (Å²) in [6, 6.07) is 0. The van der Waals surface area contributed by atoms with Gasteiger partial charge in [0.15, 0.2) is 0 Å². The molecular weight excluding hydrogens is 590 g/mol. The van der Waals surface area contributed by atoms with Crippen LogP contribution in [0.25, 0.3) is 0 Å². The lowest BCUT2D eigenvalue weighted by Gasteiger charge is -2.08. The van der Waals surface area contributed by atoms with Crippen molar-refractivity contribution in [2.24, 2.45) is 0 Å². The Morgan fingerprint density at radius 1 is 0.167 bits per heavy atom. The first-order chi connectivity index (χ1) is 24.0. The van der Waals surface area contributed by atoms with Gasteiger partial charge in [0.2, 0.25) is 0 Å². The van der Waals surface area contributed by atoms with Crippen molar-refractivity contribution in [2.45, 2.75) is 212 Å². The summed E-state index contributed by atoms with van der Waals surface area (Å²) in [6.45, 7) is 11.5. The van der Waals surface area contributed by atoms with E-state index in [0.717, 1.165) is 26.4 Å². The van der Waals surface area contributed by atoms with Crippen molar-refractivity contribution in [1.82, 2.24) is 16.0 Å². The number of piperidine rings is 3. The lowest BCUT2D eigenvalue weighted by atomic mass is 10.0. The molecule has 3 N–H and O–H groups in total. The van der Waals surface area contributed by atoms with Gasteiger partial charge in [0, 0.05) is 26.4 Å². The molecular formula is C43H89N3O2. The lowest BCUT2D eigenvalue weighted by molar-refractivity contribution is 0.0967. The second kappa shape index (κ2) is 43.0. The Balaban J connectivity index is 0.000000275. The van der Waals surface area contributed by atoms with Crippen molar-refractivity contribution in [3.8, 4) is 0 Å². The zero-order valence-corrected chi connectivity index (χ0v) is 32.7. The van der Waals surface area contributed by atoms with Gasteiger partial charge in [-0.2, -0.15) is 0 Å². The summed E-state index contributed by atoms with van der Waals surface area (Å²) in [5.74, 6) is 0. The molecule has 5 saturated heterocycles. The molecule has 8 fully saturated rings. The van der Waals surface area contributed by atoms with Crippen LogP contribution in [0.4, 0.5) is 0 Å². The van der Waals surface area contributed by atoms with Crippen LogP contribution in [0, 0.1) is 0 Å². The molecule has 0 spiro atoms. The van der Waals surface area contributed by atoms with Crippen molar-refractivity contribution < 1.29 is 9.47 Å². The normalized spacial score (nSPS) is 24.0. The molecule has 5 heterocycles. The van der Waals surface area contributed by atoms with E-state index in [0.29, 0.717) is 0 Å². The van der Waals surface area contributed by atoms with Gasteiger partial charge < -0.3 is 25.4 Å². The van der Waals surface area contributed by atoms with Gasteiger partial charge in [0.25, 0.3) is 0 Å². The standard InChI is InChI=1S/C7H14.C6H12.3C5H11N.2C5H10O.C5H10/c1-2-4-6-7-5-3-1;6*1-2-4-6-5-3-1;1-2-4-5-3-1/h1-7H2;1-6H2;3*6H,1-5H2;2*1-5H2;1-5H2. The van der Waals surface area contributed by atoms with Crippen molar-refractivity contribution in [2.75, 3.05) is 65.7 Å². The highest BCUT2D eigenvalue weighted by atomic mass is 16.5. The molecule has 0 aromatic rings.